The molecular weight excluding hydrogens is 236 g/mol. The van der Waals surface area contributed by atoms with Crippen molar-refractivity contribution in [3.8, 4) is 0 Å². The molecule has 1 heterocycles. The SMILES string of the molecule is Clc1cccnc1NCCOC1CCCCC1. The van der Waals surface area contributed by atoms with E-state index in [9.17, 15) is 0 Å². The predicted molar refractivity (Wildman–Crippen MR) is 70.6 cm³/mol. The smallest absolute Gasteiger partial charge is 0.144 e. The molecule has 0 aromatic carbocycles. The fourth-order valence-corrected chi connectivity index (χ4v) is 2.33. The summed E-state index contributed by atoms with van der Waals surface area (Å²) >= 11 is 5.99. The van der Waals surface area contributed by atoms with Gasteiger partial charge in [0, 0.05) is 12.7 Å². The van der Waals surface area contributed by atoms with E-state index in [1.54, 1.807) is 6.20 Å². The molecule has 0 atom stereocenters. The summed E-state index contributed by atoms with van der Waals surface area (Å²) < 4.78 is 5.81. The number of halogens is 1. The molecule has 1 saturated carbocycles. The predicted octanol–water partition coefficient (Wildman–Crippen LogP) is 3.50. The zero-order chi connectivity index (χ0) is 11.9. The molecule has 1 aliphatic rings. The van der Waals surface area contributed by atoms with Crippen LogP contribution in [0.15, 0.2) is 18.3 Å². The molecule has 1 aromatic rings. The second-order valence-corrected chi connectivity index (χ2v) is 4.80. The zero-order valence-electron chi connectivity index (χ0n) is 9.99. The highest BCUT2D eigenvalue weighted by atomic mass is 35.5. The molecule has 1 aliphatic carbocycles. The van der Waals surface area contributed by atoms with Crippen molar-refractivity contribution in [2.24, 2.45) is 0 Å². The van der Waals surface area contributed by atoms with Crippen LogP contribution in [0.2, 0.25) is 5.02 Å². The van der Waals surface area contributed by atoms with Gasteiger partial charge in [-0.3, -0.25) is 0 Å². The summed E-state index contributed by atoms with van der Waals surface area (Å²) in [7, 11) is 0. The van der Waals surface area contributed by atoms with Gasteiger partial charge < -0.3 is 10.1 Å². The maximum atomic E-state index is 5.99. The third-order valence-electron chi connectivity index (χ3n) is 3.06. The van der Waals surface area contributed by atoms with Crippen molar-refractivity contribution in [2.75, 3.05) is 18.5 Å². The van der Waals surface area contributed by atoms with Gasteiger partial charge in [0.25, 0.3) is 0 Å². The van der Waals surface area contributed by atoms with Gasteiger partial charge in [-0.05, 0) is 25.0 Å². The molecule has 0 radical (unpaired) electrons. The highest BCUT2D eigenvalue weighted by molar-refractivity contribution is 6.32. The van der Waals surface area contributed by atoms with Crippen LogP contribution in [0.5, 0.6) is 0 Å². The van der Waals surface area contributed by atoms with Crippen molar-refractivity contribution in [3.05, 3.63) is 23.4 Å². The summed E-state index contributed by atoms with van der Waals surface area (Å²) in [6, 6.07) is 3.66. The molecule has 2 rings (SSSR count). The molecule has 94 valence electrons. The van der Waals surface area contributed by atoms with Crippen molar-refractivity contribution in [2.45, 2.75) is 38.2 Å². The third kappa shape index (κ3) is 4.17. The van der Waals surface area contributed by atoms with Crippen LogP contribution in [0.3, 0.4) is 0 Å². The summed E-state index contributed by atoms with van der Waals surface area (Å²) in [6.45, 7) is 1.48. The lowest BCUT2D eigenvalue weighted by Crippen LogP contribution is -2.20. The number of hydrogen-bond acceptors (Lipinski definition) is 3. The van der Waals surface area contributed by atoms with E-state index in [1.165, 1.54) is 32.1 Å². The number of aromatic nitrogens is 1. The molecule has 0 saturated heterocycles. The van der Waals surface area contributed by atoms with Crippen LogP contribution >= 0.6 is 11.6 Å². The van der Waals surface area contributed by atoms with E-state index in [1.807, 2.05) is 12.1 Å². The molecule has 1 aromatic heterocycles. The number of anilines is 1. The molecule has 1 fully saturated rings. The first-order chi connectivity index (χ1) is 8.36. The van der Waals surface area contributed by atoms with Gasteiger partial charge in [0.15, 0.2) is 0 Å². The van der Waals surface area contributed by atoms with Gasteiger partial charge in [0.2, 0.25) is 0 Å². The Kier molecular flexibility index (Phi) is 5.08. The topological polar surface area (TPSA) is 34.2 Å². The standard InChI is InChI=1S/C13H19ClN2O/c14-12-7-4-8-15-13(12)16-9-10-17-11-5-2-1-3-6-11/h4,7-8,11H,1-3,5-6,9-10H2,(H,15,16). The molecule has 4 heteroatoms. The summed E-state index contributed by atoms with van der Waals surface area (Å²) in [4.78, 5) is 4.16. The highest BCUT2D eigenvalue weighted by Gasteiger charge is 2.13. The van der Waals surface area contributed by atoms with E-state index in [0.717, 1.165) is 19.0 Å². The number of rotatable bonds is 5. The quantitative estimate of drug-likeness (QED) is 0.817. The van der Waals surface area contributed by atoms with Gasteiger partial charge >= 0.3 is 0 Å². The van der Waals surface area contributed by atoms with Gasteiger partial charge in [0.1, 0.15) is 5.82 Å². The molecule has 17 heavy (non-hydrogen) atoms. The lowest BCUT2D eigenvalue weighted by Gasteiger charge is -2.22. The van der Waals surface area contributed by atoms with E-state index in [4.69, 9.17) is 16.3 Å². The summed E-state index contributed by atoms with van der Waals surface area (Å²) in [5.74, 6) is 0.737. The molecule has 0 amide bonds. The monoisotopic (exact) mass is 254 g/mol. The van der Waals surface area contributed by atoms with Crippen LogP contribution in [0, 0.1) is 0 Å². The molecule has 0 spiro atoms. The van der Waals surface area contributed by atoms with Crippen molar-refractivity contribution >= 4 is 17.4 Å². The number of nitrogens with one attached hydrogen (secondary N) is 1. The summed E-state index contributed by atoms with van der Waals surface area (Å²) in [5, 5.41) is 3.84. The minimum atomic E-state index is 0.463. The summed E-state index contributed by atoms with van der Waals surface area (Å²) in [6.07, 6.45) is 8.60. The van der Waals surface area contributed by atoms with E-state index < -0.39 is 0 Å². The van der Waals surface area contributed by atoms with Crippen LogP contribution in [0.4, 0.5) is 5.82 Å². The van der Waals surface area contributed by atoms with E-state index in [-0.39, 0.29) is 0 Å². The Labute approximate surface area is 108 Å². The molecule has 0 aliphatic heterocycles. The fourth-order valence-electron chi connectivity index (χ4n) is 2.14. The van der Waals surface area contributed by atoms with Crippen molar-refractivity contribution < 1.29 is 4.74 Å². The van der Waals surface area contributed by atoms with Crippen LogP contribution in [-0.4, -0.2) is 24.2 Å². The minimum Gasteiger partial charge on any atom is -0.376 e. The molecule has 1 N–H and O–H groups in total. The van der Waals surface area contributed by atoms with Crippen LogP contribution in [-0.2, 0) is 4.74 Å². The molecule has 0 unspecified atom stereocenters. The number of ether oxygens (including phenoxy) is 1. The van der Waals surface area contributed by atoms with E-state index >= 15 is 0 Å². The highest BCUT2D eigenvalue weighted by Crippen LogP contribution is 2.20. The first-order valence-electron chi connectivity index (χ1n) is 6.32. The zero-order valence-corrected chi connectivity index (χ0v) is 10.7. The molecule has 3 nitrogen and oxygen atoms in total. The molecule has 0 bridgehead atoms. The first kappa shape index (κ1) is 12.7. The van der Waals surface area contributed by atoms with Crippen LogP contribution < -0.4 is 5.32 Å². The third-order valence-corrected chi connectivity index (χ3v) is 3.36. The van der Waals surface area contributed by atoms with E-state index in [2.05, 4.69) is 10.3 Å². The normalized spacial score (nSPS) is 17.0. The van der Waals surface area contributed by atoms with Crippen molar-refractivity contribution in [1.82, 2.24) is 4.98 Å². The van der Waals surface area contributed by atoms with Crippen LogP contribution in [0.25, 0.3) is 0 Å². The number of pyridine rings is 1. The van der Waals surface area contributed by atoms with Gasteiger partial charge in [0.05, 0.1) is 17.7 Å². The second kappa shape index (κ2) is 6.82. The fraction of sp³-hybridized carbons (Fsp3) is 0.615. The van der Waals surface area contributed by atoms with Crippen molar-refractivity contribution in [3.63, 3.8) is 0 Å². The van der Waals surface area contributed by atoms with Gasteiger partial charge in [-0.1, -0.05) is 30.9 Å². The van der Waals surface area contributed by atoms with Gasteiger partial charge in [-0.2, -0.15) is 0 Å². The maximum absolute atomic E-state index is 5.99. The lowest BCUT2D eigenvalue weighted by molar-refractivity contribution is 0.0347. The Morgan fingerprint density at radius 1 is 1.35 bits per heavy atom. The second-order valence-electron chi connectivity index (χ2n) is 4.39. The number of hydrogen-bond donors (Lipinski definition) is 1. The average molecular weight is 255 g/mol. The number of nitrogens with zero attached hydrogens (tertiary/aromatic N) is 1. The first-order valence-corrected chi connectivity index (χ1v) is 6.70. The largest absolute Gasteiger partial charge is 0.376 e. The Bertz CT molecular complexity index is 340. The minimum absolute atomic E-state index is 0.463. The van der Waals surface area contributed by atoms with Gasteiger partial charge in [-0.15, -0.1) is 0 Å². The van der Waals surface area contributed by atoms with Gasteiger partial charge in [-0.25, -0.2) is 4.98 Å². The Balaban J connectivity index is 1.64. The molecular formula is C13H19ClN2O. The Hall–Kier alpha value is -0.800. The Morgan fingerprint density at radius 3 is 2.94 bits per heavy atom. The van der Waals surface area contributed by atoms with Crippen LogP contribution in [0.1, 0.15) is 32.1 Å². The van der Waals surface area contributed by atoms with Crippen molar-refractivity contribution in [1.29, 1.82) is 0 Å². The summed E-state index contributed by atoms with van der Waals surface area (Å²) in [5.41, 5.74) is 0. The van der Waals surface area contributed by atoms with E-state index in [0.29, 0.717) is 11.1 Å². The lowest BCUT2D eigenvalue weighted by atomic mass is 9.98. The maximum Gasteiger partial charge on any atom is 0.144 e. The average Bonchev–Trinajstić information content (AvgIpc) is 2.38. The Morgan fingerprint density at radius 2 is 2.18 bits per heavy atom.